The Morgan fingerprint density at radius 3 is 2.77 bits per heavy atom. The molecule has 3 aromatic heterocycles. The van der Waals surface area contributed by atoms with Gasteiger partial charge in [0, 0.05) is 7.05 Å². The maximum atomic E-state index is 11.9. The smallest absolute Gasteiger partial charge is 0.321 e. The minimum absolute atomic E-state index is 0.0323. The molecular weight excluding hydrogens is 358 g/mol. The number of aromatic nitrogens is 3. The highest BCUT2D eigenvalue weighted by molar-refractivity contribution is 7.99. The van der Waals surface area contributed by atoms with Crippen molar-refractivity contribution >= 4 is 23.7 Å². The Morgan fingerprint density at radius 1 is 1.23 bits per heavy atom. The third-order valence-electron chi connectivity index (χ3n) is 3.52. The lowest BCUT2D eigenvalue weighted by atomic mass is 10.2. The standard InChI is InChI=1S/C16H17N5O4S/c1-10-12(5-7-24-10)14-19-20-16(21(14)2)26-9-13(22)18-15(23)17-8-11-4-3-6-25-11/h3-7H,8-9H2,1-2H3,(H2,17,18,22,23). The van der Waals surface area contributed by atoms with E-state index in [0.29, 0.717) is 16.7 Å². The molecule has 26 heavy (non-hydrogen) atoms. The predicted octanol–water partition coefficient (Wildman–Crippen LogP) is 2.09. The van der Waals surface area contributed by atoms with Crippen molar-refractivity contribution < 1.29 is 18.4 Å². The fourth-order valence-electron chi connectivity index (χ4n) is 2.21. The molecule has 0 aromatic carbocycles. The van der Waals surface area contributed by atoms with Crippen molar-refractivity contribution in [2.45, 2.75) is 18.6 Å². The molecule has 0 saturated heterocycles. The van der Waals surface area contributed by atoms with Crippen LogP contribution in [-0.4, -0.2) is 32.5 Å². The van der Waals surface area contributed by atoms with Crippen LogP contribution >= 0.6 is 11.8 Å². The van der Waals surface area contributed by atoms with Gasteiger partial charge in [0.1, 0.15) is 11.5 Å². The van der Waals surface area contributed by atoms with E-state index in [1.807, 2.05) is 13.0 Å². The van der Waals surface area contributed by atoms with Crippen molar-refractivity contribution in [2.75, 3.05) is 5.75 Å². The highest BCUT2D eigenvalue weighted by Gasteiger charge is 2.16. The predicted molar refractivity (Wildman–Crippen MR) is 93.3 cm³/mol. The van der Waals surface area contributed by atoms with Crippen molar-refractivity contribution in [3.8, 4) is 11.4 Å². The largest absolute Gasteiger partial charge is 0.469 e. The zero-order chi connectivity index (χ0) is 18.5. The second-order valence-corrected chi connectivity index (χ2v) is 6.30. The molecule has 0 fully saturated rings. The van der Waals surface area contributed by atoms with Gasteiger partial charge >= 0.3 is 6.03 Å². The van der Waals surface area contributed by atoms with Crippen LogP contribution in [0.15, 0.2) is 44.7 Å². The van der Waals surface area contributed by atoms with Gasteiger partial charge in [0.05, 0.1) is 30.4 Å². The van der Waals surface area contributed by atoms with Gasteiger partial charge in [-0.15, -0.1) is 10.2 Å². The van der Waals surface area contributed by atoms with Crippen LogP contribution in [0.1, 0.15) is 11.5 Å². The Kier molecular flexibility index (Phi) is 5.42. The number of furan rings is 2. The summed E-state index contributed by atoms with van der Waals surface area (Å²) >= 11 is 1.19. The molecule has 0 aliphatic rings. The molecule has 0 atom stereocenters. The summed E-state index contributed by atoms with van der Waals surface area (Å²) in [4.78, 5) is 23.6. The molecule has 0 bridgehead atoms. The molecule has 2 N–H and O–H groups in total. The maximum absolute atomic E-state index is 11.9. The molecule has 3 amide bonds. The fourth-order valence-corrected chi connectivity index (χ4v) is 2.92. The van der Waals surface area contributed by atoms with Gasteiger partial charge in [-0.3, -0.25) is 10.1 Å². The summed E-state index contributed by atoms with van der Waals surface area (Å²) in [6.07, 6.45) is 3.10. The van der Waals surface area contributed by atoms with E-state index in [9.17, 15) is 9.59 Å². The number of urea groups is 1. The van der Waals surface area contributed by atoms with E-state index in [1.165, 1.54) is 18.0 Å². The lowest BCUT2D eigenvalue weighted by molar-refractivity contribution is -0.117. The minimum atomic E-state index is -0.584. The molecule has 0 radical (unpaired) electrons. The van der Waals surface area contributed by atoms with E-state index < -0.39 is 11.9 Å². The van der Waals surface area contributed by atoms with E-state index >= 15 is 0 Å². The number of imide groups is 1. The first-order valence-electron chi connectivity index (χ1n) is 7.71. The van der Waals surface area contributed by atoms with E-state index in [4.69, 9.17) is 8.83 Å². The van der Waals surface area contributed by atoms with Gasteiger partial charge in [0.2, 0.25) is 5.91 Å². The first-order chi connectivity index (χ1) is 12.5. The SMILES string of the molecule is Cc1occc1-c1nnc(SCC(=O)NC(=O)NCc2ccco2)n1C. The summed E-state index contributed by atoms with van der Waals surface area (Å²) < 4.78 is 12.1. The molecule has 0 aliphatic carbocycles. The Hall–Kier alpha value is -3.01. The van der Waals surface area contributed by atoms with Crippen LogP contribution in [-0.2, 0) is 18.4 Å². The number of hydrogen-bond donors (Lipinski definition) is 2. The number of amides is 3. The van der Waals surface area contributed by atoms with Gasteiger partial charge < -0.3 is 18.7 Å². The molecule has 3 heterocycles. The van der Waals surface area contributed by atoms with Crippen LogP contribution in [0.3, 0.4) is 0 Å². The number of aryl methyl sites for hydroxylation is 1. The minimum Gasteiger partial charge on any atom is -0.469 e. The number of nitrogens with zero attached hydrogens (tertiary/aromatic N) is 3. The maximum Gasteiger partial charge on any atom is 0.321 e. The van der Waals surface area contributed by atoms with Gasteiger partial charge in [0.15, 0.2) is 11.0 Å². The third kappa shape index (κ3) is 4.14. The van der Waals surface area contributed by atoms with E-state index in [2.05, 4.69) is 20.8 Å². The van der Waals surface area contributed by atoms with Crippen molar-refractivity contribution in [2.24, 2.45) is 7.05 Å². The van der Waals surface area contributed by atoms with Crippen LogP contribution in [0.4, 0.5) is 4.79 Å². The Labute approximate surface area is 153 Å². The number of carbonyl (C=O) groups is 2. The normalized spacial score (nSPS) is 10.7. The highest BCUT2D eigenvalue weighted by atomic mass is 32.2. The average molecular weight is 375 g/mol. The number of thioether (sulfide) groups is 1. The summed E-state index contributed by atoms with van der Waals surface area (Å²) in [6, 6.07) is 4.67. The second-order valence-electron chi connectivity index (χ2n) is 5.35. The molecule has 0 spiro atoms. The van der Waals surface area contributed by atoms with Gasteiger partial charge in [-0.25, -0.2) is 4.79 Å². The number of rotatable bonds is 6. The zero-order valence-electron chi connectivity index (χ0n) is 14.2. The lowest BCUT2D eigenvalue weighted by Gasteiger charge is -2.05. The molecule has 136 valence electrons. The monoisotopic (exact) mass is 375 g/mol. The van der Waals surface area contributed by atoms with Gasteiger partial charge in [-0.2, -0.15) is 0 Å². The quantitative estimate of drug-likeness (QED) is 0.634. The number of carbonyl (C=O) groups excluding carboxylic acids is 2. The molecule has 0 unspecified atom stereocenters. The van der Waals surface area contributed by atoms with Crippen LogP contribution in [0.2, 0.25) is 0 Å². The van der Waals surface area contributed by atoms with Crippen LogP contribution < -0.4 is 10.6 Å². The summed E-state index contributed by atoms with van der Waals surface area (Å²) in [7, 11) is 1.80. The first-order valence-corrected chi connectivity index (χ1v) is 8.70. The molecule has 9 nitrogen and oxygen atoms in total. The lowest BCUT2D eigenvalue weighted by Crippen LogP contribution is -2.39. The Bertz CT molecular complexity index is 900. The van der Waals surface area contributed by atoms with Crippen molar-refractivity contribution in [3.63, 3.8) is 0 Å². The third-order valence-corrected chi connectivity index (χ3v) is 4.54. The molecular formula is C16H17N5O4S. The summed E-state index contributed by atoms with van der Waals surface area (Å²) in [6.45, 7) is 2.04. The van der Waals surface area contributed by atoms with Gasteiger partial charge in [0.25, 0.3) is 0 Å². The van der Waals surface area contributed by atoms with E-state index in [-0.39, 0.29) is 12.3 Å². The van der Waals surface area contributed by atoms with Crippen molar-refractivity contribution in [1.82, 2.24) is 25.4 Å². The van der Waals surface area contributed by atoms with Gasteiger partial charge in [-0.05, 0) is 25.1 Å². The topological polar surface area (TPSA) is 115 Å². The van der Waals surface area contributed by atoms with Crippen molar-refractivity contribution in [3.05, 3.63) is 42.2 Å². The van der Waals surface area contributed by atoms with E-state index in [1.54, 1.807) is 30.0 Å². The second kappa shape index (κ2) is 7.91. The number of nitrogens with one attached hydrogen (secondary N) is 2. The molecule has 0 aliphatic heterocycles. The molecule has 10 heteroatoms. The Balaban J connectivity index is 1.49. The number of hydrogen-bond acceptors (Lipinski definition) is 7. The van der Waals surface area contributed by atoms with Crippen LogP contribution in [0, 0.1) is 6.92 Å². The molecule has 3 rings (SSSR count). The zero-order valence-corrected chi connectivity index (χ0v) is 15.0. The highest BCUT2D eigenvalue weighted by Crippen LogP contribution is 2.25. The summed E-state index contributed by atoms with van der Waals surface area (Å²) in [5.74, 6) is 1.59. The van der Waals surface area contributed by atoms with Crippen LogP contribution in [0.5, 0.6) is 0 Å². The van der Waals surface area contributed by atoms with Gasteiger partial charge in [-0.1, -0.05) is 11.8 Å². The fraction of sp³-hybridized carbons (Fsp3) is 0.250. The van der Waals surface area contributed by atoms with Crippen LogP contribution in [0.25, 0.3) is 11.4 Å². The van der Waals surface area contributed by atoms with E-state index in [0.717, 1.165) is 11.3 Å². The summed E-state index contributed by atoms with van der Waals surface area (Å²) in [5, 5.41) is 13.6. The first kappa shape index (κ1) is 17.8. The molecule has 3 aromatic rings. The Morgan fingerprint density at radius 2 is 2.08 bits per heavy atom. The summed E-state index contributed by atoms with van der Waals surface area (Å²) in [5.41, 5.74) is 0.841. The van der Waals surface area contributed by atoms with Crippen molar-refractivity contribution in [1.29, 1.82) is 0 Å². The average Bonchev–Trinajstić information content (AvgIpc) is 3.33. The molecule has 0 saturated carbocycles.